The molecule has 0 aliphatic carbocycles. The number of nitrogens with zero attached hydrogens (tertiary/aromatic N) is 1. The second-order valence-corrected chi connectivity index (χ2v) is 4.26. The van der Waals surface area contributed by atoms with E-state index < -0.39 is 0 Å². The number of rotatable bonds is 10. The fraction of sp³-hybridized carbons (Fsp3) is 0.857. The van der Waals surface area contributed by atoms with Crippen LogP contribution in [-0.2, 0) is 9.53 Å². The third kappa shape index (κ3) is 11.6. The van der Waals surface area contributed by atoms with E-state index in [9.17, 15) is 4.79 Å². The van der Waals surface area contributed by atoms with Crippen LogP contribution in [0.1, 0.15) is 52.9 Å². The second kappa shape index (κ2) is 13.2. The van der Waals surface area contributed by atoms with Crippen LogP contribution in [0.15, 0.2) is 4.99 Å². The summed E-state index contributed by atoms with van der Waals surface area (Å²) in [6.45, 7) is 9.02. The smallest absolute Gasteiger partial charge is 0.305 e. The first-order valence-electron chi connectivity index (χ1n) is 7.42. The van der Waals surface area contributed by atoms with Crippen LogP contribution in [0.3, 0.4) is 0 Å². The van der Waals surface area contributed by atoms with Crippen LogP contribution < -0.4 is 10.6 Å². The molecular formula is C14H29N3O2. The van der Waals surface area contributed by atoms with Crippen LogP contribution in [-0.4, -0.2) is 38.2 Å². The van der Waals surface area contributed by atoms with Crippen LogP contribution in [0.5, 0.6) is 0 Å². The number of carbonyl (C=O) groups is 1. The van der Waals surface area contributed by atoms with Crippen LogP contribution in [0.25, 0.3) is 0 Å². The zero-order valence-electron chi connectivity index (χ0n) is 12.6. The highest BCUT2D eigenvalue weighted by molar-refractivity contribution is 5.79. The Morgan fingerprint density at radius 3 is 2.21 bits per heavy atom. The zero-order valence-corrected chi connectivity index (χ0v) is 12.6. The van der Waals surface area contributed by atoms with Crippen molar-refractivity contribution in [2.45, 2.75) is 52.9 Å². The highest BCUT2D eigenvalue weighted by atomic mass is 16.5. The Balaban J connectivity index is 3.51. The number of guanidine groups is 1. The van der Waals surface area contributed by atoms with Gasteiger partial charge in [-0.3, -0.25) is 9.79 Å². The summed E-state index contributed by atoms with van der Waals surface area (Å²) in [4.78, 5) is 15.6. The lowest BCUT2D eigenvalue weighted by atomic mass is 10.1. The summed E-state index contributed by atoms with van der Waals surface area (Å²) in [5, 5.41) is 6.38. The molecule has 0 rings (SSSR count). The average Bonchev–Trinajstić information content (AvgIpc) is 2.38. The molecule has 0 aliphatic heterocycles. The van der Waals surface area contributed by atoms with Gasteiger partial charge in [0.25, 0.3) is 0 Å². The Bertz CT molecular complexity index is 247. The molecule has 5 heteroatoms. The SMILES string of the molecule is CCNC(=NCCCCCCC(=O)OCC)NCC. The molecule has 0 unspecified atom stereocenters. The number of hydrogen-bond acceptors (Lipinski definition) is 3. The summed E-state index contributed by atoms with van der Waals surface area (Å²) in [6.07, 6.45) is 4.68. The standard InChI is InChI=1S/C14H29N3O2/c1-4-15-14(16-5-2)17-12-10-8-7-9-11-13(18)19-6-3/h4-12H2,1-3H3,(H2,15,16,17). The number of carbonyl (C=O) groups excluding carboxylic acids is 1. The van der Waals surface area contributed by atoms with E-state index in [2.05, 4.69) is 29.5 Å². The van der Waals surface area contributed by atoms with Gasteiger partial charge in [0.2, 0.25) is 0 Å². The van der Waals surface area contributed by atoms with E-state index >= 15 is 0 Å². The van der Waals surface area contributed by atoms with E-state index in [0.29, 0.717) is 13.0 Å². The molecule has 0 heterocycles. The summed E-state index contributed by atoms with van der Waals surface area (Å²) < 4.78 is 4.88. The normalized spacial score (nSPS) is 9.84. The summed E-state index contributed by atoms with van der Waals surface area (Å²) >= 11 is 0. The first kappa shape index (κ1) is 17.7. The molecule has 0 spiro atoms. The highest BCUT2D eigenvalue weighted by Gasteiger charge is 2.00. The van der Waals surface area contributed by atoms with Gasteiger partial charge in [0.1, 0.15) is 0 Å². The predicted molar refractivity (Wildman–Crippen MR) is 79.4 cm³/mol. The predicted octanol–water partition coefficient (Wildman–Crippen LogP) is 2.08. The number of esters is 1. The largest absolute Gasteiger partial charge is 0.466 e. The van der Waals surface area contributed by atoms with Crippen molar-refractivity contribution < 1.29 is 9.53 Å². The quantitative estimate of drug-likeness (QED) is 0.276. The van der Waals surface area contributed by atoms with Gasteiger partial charge in [-0.15, -0.1) is 0 Å². The lowest BCUT2D eigenvalue weighted by Crippen LogP contribution is -2.37. The van der Waals surface area contributed by atoms with Crippen molar-refractivity contribution in [2.24, 2.45) is 4.99 Å². The van der Waals surface area contributed by atoms with Crippen LogP contribution >= 0.6 is 0 Å². The van der Waals surface area contributed by atoms with Crippen molar-refractivity contribution in [3.8, 4) is 0 Å². The van der Waals surface area contributed by atoms with E-state index in [0.717, 1.165) is 51.3 Å². The molecule has 0 amide bonds. The third-order valence-electron chi connectivity index (χ3n) is 2.55. The molecule has 0 aromatic rings. The van der Waals surface area contributed by atoms with Crippen molar-refractivity contribution in [2.75, 3.05) is 26.2 Å². The van der Waals surface area contributed by atoms with Gasteiger partial charge in [0.15, 0.2) is 5.96 Å². The van der Waals surface area contributed by atoms with E-state index in [4.69, 9.17) is 4.74 Å². The molecule has 2 N–H and O–H groups in total. The van der Waals surface area contributed by atoms with E-state index in [1.807, 2.05) is 6.92 Å². The van der Waals surface area contributed by atoms with Crippen LogP contribution in [0.4, 0.5) is 0 Å². The zero-order chi connectivity index (χ0) is 14.3. The maximum absolute atomic E-state index is 11.1. The first-order valence-corrected chi connectivity index (χ1v) is 7.42. The van der Waals surface area contributed by atoms with E-state index in [1.165, 1.54) is 0 Å². The van der Waals surface area contributed by atoms with E-state index in [-0.39, 0.29) is 5.97 Å². The molecule has 0 aromatic carbocycles. The molecule has 0 aromatic heterocycles. The summed E-state index contributed by atoms with van der Waals surface area (Å²) in [5.74, 6) is 0.804. The molecule has 0 atom stereocenters. The lowest BCUT2D eigenvalue weighted by molar-refractivity contribution is -0.143. The van der Waals surface area contributed by atoms with Crippen molar-refractivity contribution in [1.82, 2.24) is 10.6 Å². The molecule has 0 saturated heterocycles. The molecule has 0 saturated carbocycles. The number of hydrogen-bond donors (Lipinski definition) is 2. The van der Waals surface area contributed by atoms with Gasteiger partial charge < -0.3 is 15.4 Å². The van der Waals surface area contributed by atoms with Gasteiger partial charge in [-0.1, -0.05) is 12.8 Å². The number of aliphatic imine (C=N–C) groups is 1. The Hall–Kier alpha value is -1.26. The summed E-state index contributed by atoms with van der Waals surface area (Å²) in [6, 6.07) is 0. The third-order valence-corrected chi connectivity index (χ3v) is 2.55. The van der Waals surface area contributed by atoms with Crippen molar-refractivity contribution in [1.29, 1.82) is 0 Å². The molecule has 19 heavy (non-hydrogen) atoms. The minimum absolute atomic E-state index is 0.0814. The van der Waals surface area contributed by atoms with Crippen molar-refractivity contribution in [3.05, 3.63) is 0 Å². The number of ether oxygens (including phenoxy) is 1. The maximum Gasteiger partial charge on any atom is 0.305 e. The molecule has 112 valence electrons. The monoisotopic (exact) mass is 271 g/mol. The second-order valence-electron chi connectivity index (χ2n) is 4.26. The van der Waals surface area contributed by atoms with Gasteiger partial charge >= 0.3 is 5.97 Å². The first-order chi connectivity index (χ1) is 9.24. The van der Waals surface area contributed by atoms with E-state index in [1.54, 1.807) is 0 Å². The summed E-state index contributed by atoms with van der Waals surface area (Å²) in [5.41, 5.74) is 0. The minimum atomic E-state index is -0.0814. The Morgan fingerprint density at radius 2 is 1.63 bits per heavy atom. The molecule has 5 nitrogen and oxygen atoms in total. The molecule has 0 aliphatic rings. The maximum atomic E-state index is 11.1. The Labute approximate surface area is 117 Å². The topological polar surface area (TPSA) is 62.7 Å². The summed E-state index contributed by atoms with van der Waals surface area (Å²) in [7, 11) is 0. The molecule has 0 radical (unpaired) electrons. The van der Waals surface area contributed by atoms with Gasteiger partial charge in [0.05, 0.1) is 6.61 Å². The number of nitrogens with one attached hydrogen (secondary N) is 2. The molecular weight excluding hydrogens is 242 g/mol. The van der Waals surface area contributed by atoms with Gasteiger partial charge in [-0.2, -0.15) is 0 Å². The Kier molecular flexibility index (Phi) is 12.3. The average molecular weight is 271 g/mol. The fourth-order valence-electron chi connectivity index (χ4n) is 1.67. The number of unbranched alkanes of at least 4 members (excludes halogenated alkanes) is 3. The van der Waals surface area contributed by atoms with Gasteiger partial charge in [0, 0.05) is 26.1 Å². The van der Waals surface area contributed by atoms with Crippen molar-refractivity contribution >= 4 is 11.9 Å². The van der Waals surface area contributed by atoms with Crippen LogP contribution in [0, 0.1) is 0 Å². The van der Waals surface area contributed by atoms with Crippen LogP contribution in [0.2, 0.25) is 0 Å². The van der Waals surface area contributed by atoms with Gasteiger partial charge in [-0.05, 0) is 33.6 Å². The van der Waals surface area contributed by atoms with Gasteiger partial charge in [-0.25, -0.2) is 0 Å². The van der Waals surface area contributed by atoms with Crippen molar-refractivity contribution in [3.63, 3.8) is 0 Å². The highest BCUT2D eigenvalue weighted by Crippen LogP contribution is 2.04. The fourth-order valence-corrected chi connectivity index (χ4v) is 1.67. The minimum Gasteiger partial charge on any atom is -0.466 e. The molecule has 0 bridgehead atoms. The Morgan fingerprint density at radius 1 is 1.00 bits per heavy atom. The lowest BCUT2D eigenvalue weighted by Gasteiger charge is -2.08. The molecule has 0 fully saturated rings.